The van der Waals surface area contributed by atoms with Gasteiger partial charge in [0.05, 0.1) is 33.5 Å². The zero-order chi connectivity index (χ0) is 48.7. The molecule has 0 saturated heterocycles. The quantitative estimate of drug-likeness (QED) is 0.175. The van der Waals surface area contributed by atoms with E-state index in [0.717, 1.165) is 61.2 Å². The Morgan fingerprint density at radius 1 is 0.600 bits per heavy atom. The van der Waals surface area contributed by atoms with Crippen molar-refractivity contribution in [3.05, 3.63) is 167 Å². The Bertz CT molecular complexity index is 3220. The summed E-state index contributed by atoms with van der Waals surface area (Å²) in [7, 11) is 0. The molecule has 0 radical (unpaired) electrons. The topological polar surface area (TPSA) is 50.9 Å². The fourth-order valence-electron chi connectivity index (χ4n) is 7.85. The highest BCUT2D eigenvalue weighted by Gasteiger charge is 2.35. The highest BCUT2D eigenvalue weighted by Crippen LogP contribution is 2.46. The van der Waals surface area contributed by atoms with Crippen LogP contribution in [0.3, 0.4) is 0 Å². The Kier molecular flexibility index (Phi) is 8.19. The second-order valence-electron chi connectivity index (χ2n) is 18.6. The van der Waals surface area contributed by atoms with Crippen molar-refractivity contribution in [1.29, 1.82) is 0 Å². The lowest BCUT2D eigenvalue weighted by atomic mass is 9.65. The van der Waals surface area contributed by atoms with E-state index in [9.17, 15) is 5.11 Å². The van der Waals surface area contributed by atoms with Crippen LogP contribution in [-0.2, 0) is 10.8 Å². The molecule has 6 aromatic carbocycles. The van der Waals surface area contributed by atoms with Gasteiger partial charge in [0.15, 0.2) is 0 Å². The highest BCUT2D eigenvalue weighted by molar-refractivity contribution is 5.98. The summed E-state index contributed by atoms with van der Waals surface area (Å²) >= 11 is 0. The number of aryl methyl sites for hydroxylation is 2. The van der Waals surface area contributed by atoms with Crippen LogP contribution in [0, 0.1) is 26.1 Å². The minimum atomic E-state index is -2.82. The van der Waals surface area contributed by atoms with Gasteiger partial charge < -0.3 is 5.11 Å². The maximum atomic E-state index is 11.9. The summed E-state index contributed by atoms with van der Waals surface area (Å²) in [5.74, 6) is 0.756. The van der Waals surface area contributed by atoms with Crippen LogP contribution in [0.2, 0.25) is 0 Å². The van der Waals surface area contributed by atoms with Crippen LogP contribution in [0.4, 0.5) is 0 Å². The van der Waals surface area contributed by atoms with Crippen molar-refractivity contribution in [1.82, 2.24) is 14.5 Å². The summed E-state index contributed by atoms with van der Waals surface area (Å²) in [6.07, 6.45) is 1.57. The molecule has 0 bridgehead atoms. The zero-order valence-corrected chi connectivity index (χ0v) is 36.3. The molecule has 0 aliphatic heterocycles. The number of rotatable bonds is 7. The Balaban J connectivity index is 1.40. The summed E-state index contributed by atoms with van der Waals surface area (Å²) < 4.78 is 60.7. The molecular weight excluding hydrogens is 731 g/mol. The van der Waals surface area contributed by atoms with Gasteiger partial charge >= 0.3 is 0 Å². The van der Waals surface area contributed by atoms with E-state index in [1.807, 2.05) is 38.1 Å². The molecule has 8 aromatic rings. The van der Waals surface area contributed by atoms with Gasteiger partial charge in [-0.25, -0.2) is 4.98 Å². The van der Waals surface area contributed by atoms with Crippen molar-refractivity contribution >= 4 is 11.0 Å². The number of fused-ring (bicyclic) bond motifs is 1. The number of phenolic OH excluding ortho intramolecular Hbond substituents is 1. The van der Waals surface area contributed by atoms with Gasteiger partial charge in [-0.05, 0) is 130 Å². The largest absolute Gasteiger partial charge is 0.507 e. The van der Waals surface area contributed by atoms with Gasteiger partial charge in [-0.2, -0.15) is 0 Å². The van der Waals surface area contributed by atoms with Crippen LogP contribution < -0.4 is 0 Å². The first-order chi connectivity index (χ1) is 31.3. The van der Waals surface area contributed by atoms with E-state index >= 15 is 0 Å². The van der Waals surface area contributed by atoms with E-state index in [1.54, 1.807) is 18.3 Å². The number of imidazole rings is 1. The predicted molar refractivity (Wildman–Crippen MR) is 253 cm³/mol. The maximum absolute atomic E-state index is 11.9. The summed E-state index contributed by atoms with van der Waals surface area (Å²) in [5.41, 5.74) is 11.4. The number of para-hydroxylation sites is 1. The first-order valence-electron chi connectivity index (χ1n) is 24.1. The highest BCUT2D eigenvalue weighted by atomic mass is 16.3. The molecule has 4 heteroatoms. The standard InChI is InChI=1S/C56H57N3O/c1-35-20-22-38(23-21-35)40-26-27-57-48(33-40)42-30-41(31-44(32-42)54(4,5)6)45-18-15-19-50-51(45)58-53(47-29-36(2)28-37(3)52(47)60)59(50)49-25-24-43(56(10,11)55(7,8)9)34-46(49)39-16-13-12-14-17-39/h12-34,60H,1-11H3/i1D3,20D,21D,22D,23D. The molecule has 302 valence electrons. The Morgan fingerprint density at radius 3 is 2.03 bits per heavy atom. The van der Waals surface area contributed by atoms with Gasteiger partial charge in [0.2, 0.25) is 0 Å². The van der Waals surface area contributed by atoms with Crippen molar-refractivity contribution in [2.45, 2.75) is 86.9 Å². The monoisotopic (exact) mass is 794 g/mol. The van der Waals surface area contributed by atoms with Crippen LogP contribution in [0.1, 0.15) is 92.8 Å². The van der Waals surface area contributed by atoms with Crippen LogP contribution in [0.5, 0.6) is 5.75 Å². The molecule has 2 aromatic heterocycles. The number of hydrogen-bond donors (Lipinski definition) is 1. The fourth-order valence-corrected chi connectivity index (χ4v) is 7.85. The number of aromatic hydroxyl groups is 1. The smallest absolute Gasteiger partial charge is 0.149 e. The van der Waals surface area contributed by atoms with Gasteiger partial charge in [0.1, 0.15) is 11.6 Å². The van der Waals surface area contributed by atoms with E-state index in [2.05, 4.69) is 133 Å². The average Bonchev–Trinajstić information content (AvgIpc) is 3.65. The molecule has 60 heavy (non-hydrogen) atoms. The number of nitrogens with zero attached hydrogens (tertiary/aromatic N) is 3. The zero-order valence-electron chi connectivity index (χ0n) is 43.3. The van der Waals surface area contributed by atoms with Gasteiger partial charge in [-0.1, -0.05) is 146 Å². The van der Waals surface area contributed by atoms with Crippen LogP contribution in [-0.4, -0.2) is 19.6 Å². The molecule has 8 rings (SSSR count). The van der Waals surface area contributed by atoms with Gasteiger partial charge in [-0.3, -0.25) is 9.55 Å². The number of pyridine rings is 1. The van der Waals surface area contributed by atoms with Crippen molar-refractivity contribution in [2.75, 3.05) is 0 Å². The number of phenols is 1. The Morgan fingerprint density at radius 2 is 1.33 bits per heavy atom. The van der Waals surface area contributed by atoms with E-state index in [-0.39, 0.29) is 27.6 Å². The molecule has 0 aliphatic carbocycles. The number of hydrogen-bond acceptors (Lipinski definition) is 3. The molecule has 2 heterocycles. The third kappa shape index (κ3) is 7.45. The third-order valence-corrected chi connectivity index (χ3v) is 12.4. The fraction of sp³-hybridized carbons (Fsp3) is 0.250. The molecule has 4 nitrogen and oxygen atoms in total. The molecule has 0 spiro atoms. The van der Waals surface area contributed by atoms with E-state index < -0.39 is 36.6 Å². The van der Waals surface area contributed by atoms with Crippen LogP contribution in [0.25, 0.3) is 72.7 Å². The SMILES string of the molecule is [2H]c1c([2H])c(C([2H])([2H])[2H])c([2H])c([2H])c1-c1ccnc(-c2cc(-c3cccc4c3nc(-c3cc(C)cc(C)c3O)n4-c3ccc(C(C)(C)C(C)(C)C)cc3-c3ccccc3)cc(C(C)(C)C)c2)c1. The Labute approximate surface area is 366 Å². The average molecular weight is 795 g/mol. The van der Waals surface area contributed by atoms with Crippen molar-refractivity contribution < 1.29 is 14.7 Å². The van der Waals surface area contributed by atoms with Crippen LogP contribution in [0.15, 0.2) is 140 Å². The third-order valence-electron chi connectivity index (χ3n) is 12.4. The van der Waals surface area contributed by atoms with Crippen molar-refractivity contribution in [3.8, 4) is 67.5 Å². The van der Waals surface area contributed by atoms with Crippen molar-refractivity contribution in [3.63, 3.8) is 0 Å². The van der Waals surface area contributed by atoms with Gasteiger partial charge in [0, 0.05) is 27.0 Å². The second-order valence-corrected chi connectivity index (χ2v) is 18.6. The first-order valence-corrected chi connectivity index (χ1v) is 20.6. The van der Waals surface area contributed by atoms with E-state index in [0.29, 0.717) is 22.6 Å². The lowest BCUT2D eigenvalue weighted by Crippen LogP contribution is -2.34. The molecule has 0 fully saturated rings. The van der Waals surface area contributed by atoms with Gasteiger partial charge in [-0.15, -0.1) is 0 Å². The normalized spacial score (nSPS) is 14.2. The predicted octanol–water partition coefficient (Wildman–Crippen LogP) is 15.0. The molecule has 0 atom stereocenters. The molecule has 1 N–H and O–H groups in total. The molecule has 0 aliphatic rings. The number of aromatic nitrogens is 3. The van der Waals surface area contributed by atoms with Gasteiger partial charge in [0.25, 0.3) is 0 Å². The summed E-state index contributed by atoms with van der Waals surface area (Å²) in [5, 5.41) is 11.9. The van der Waals surface area contributed by atoms with E-state index in [4.69, 9.17) is 19.6 Å². The Hall–Kier alpha value is -6.26. The lowest BCUT2D eigenvalue weighted by molar-refractivity contribution is 0.225. The van der Waals surface area contributed by atoms with E-state index in [1.165, 1.54) is 5.56 Å². The van der Waals surface area contributed by atoms with Crippen molar-refractivity contribution in [2.24, 2.45) is 5.41 Å². The molecular formula is C56H57N3O. The maximum Gasteiger partial charge on any atom is 0.149 e. The summed E-state index contributed by atoms with van der Waals surface area (Å²) in [4.78, 5) is 10.3. The minimum Gasteiger partial charge on any atom is -0.507 e. The van der Waals surface area contributed by atoms with Crippen LogP contribution >= 0.6 is 0 Å². The number of benzene rings is 6. The summed E-state index contributed by atoms with van der Waals surface area (Å²) in [6.45, 7) is 18.9. The molecule has 0 amide bonds. The summed E-state index contributed by atoms with van der Waals surface area (Å²) in [6, 6.07) is 34.9. The minimum absolute atomic E-state index is 0.00111. The lowest BCUT2D eigenvalue weighted by Gasteiger charge is -2.40. The molecule has 0 unspecified atom stereocenters. The first kappa shape index (κ1) is 32.6. The molecule has 0 saturated carbocycles. The second kappa shape index (κ2) is 15.1.